The Labute approximate surface area is 252 Å². The van der Waals surface area contributed by atoms with Gasteiger partial charge in [0.15, 0.2) is 0 Å². The number of rotatable bonds is 10. The van der Waals surface area contributed by atoms with E-state index in [9.17, 15) is 13.4 Å². The van der Waals surface area contributed by atoms with E-state index in [0.717, 1.165) is 62.6 Å². The van der Waals surface area contributed by atoms with Gasteiger partial charge in [-0.05, 0) is 72.7 Å². The van der Waals surface area contributed by atoms with E-state index in [1.54, 1.807) is 12.1 Å². The van der Waals surface area contributed by atoms with Gasteiger partial charge in [-0.25, -0.2) is 13.3 Å². The van der Waals surface area contributed by atoms with Crippen LogP contribution in [-0.4, -0.2) is 54.4 Å². The van der Waals surface area contributed by atoms with Gasteiger partial charge >= 0.3 is 0 Å². The van der Waals surface area contributed by atoms with Crippen molar-refractivity contribution in [2.75, 3.05) is 32.8 Å². The highest BCUT2D eigenvalue weighted by Gasteiger charge is 2.15. The molecule has 1 amide bonds. The molecule has 0 bridgehead atoms. The molecule has 1 heterocycles. The molecule has 1 unspecified atom stereocenters. The van der Waals surface area contributed by atoms with Crippen molar-refractivity contribution in [2.24, 2.45) is 0 Å². The van der Waals surface area contributed by atoms with Gasteiger partial charge in [-0.3, -0.25) is 9.69 Å². The van der Waals surface area contributed by atoms with Gasteiger partial charge in [0, 0.05) is 25.7 Å². The van der Waals surface area contributed by atoms with Crippen molar-refractivity contribution in [3.05, 3.63) is 89.7 Å². The molecule has 2 fully saturated rings. The molecule has 5 rings (SSSR count). The molecule has 1 aliphatic carbocycles. The van der Waals surface area contributed by atoms with E-state index in [-0.39, 0.29) is 11.9 Å². The van der Waals surface area contributed by atoms with Crippen LogP contribution >= 0.6 is 0 Å². The first-order chi connectivity index (χ1) is 20.5. The van der Waals surface area contributed by atoms with E-state index in [1.807, 2.05) is 19.1 Å². The monoisotopic (exact) mass is 593 g/mol. The minimum absolute atomic E-state index is 0.0666. The van der Waals surface area contributed by atoms with Crippen LogP contribution < -0.4 is 10.0 Å². The number of hydrogen-bond acceptors (Lipinski definition) is 4. The molecule has 2 atom stereocenters. The molecule has 226 valence electrons. The third-order valence-electron chi connectivity index (χ3n) is 7.99. The molecule has 0 aromatic heterocycles. The van der Waals surface area contributed by atoms with Crippen LogP contribution in [0.1, 0.15) is 62.6 Å². The van der Waals surface area contributed by atoms with Crippen LogP contribution in [-0.2, 0) is 26.9 Å². The lowest BCUT2D eigenvalue weighted by molar-refractivity contribution is -0.110. The summed E-state index contributed by atoms with van der Waals surface area (Å²) in [7, 11) is -1.13. The molecule has 0 spiro atoms. The van der Waals surface area contributed by atoms with Gasteiger partial charge in [0.1, 0.15) is 16.8 Å². The molecule has 3 aromatic carbocycles. The van der Waals surface area contributed by atoms with Crippen molar-refractivity contribution >= 4 is 17.4 Å². The van der Waals surface area contributed by atoms with E-state index in [0.29, 0.717) is 12.5 Å². The van der Waals surface area contributed by atoms with E-state index >= 15 is 0 Å². The molecule has 1 saturated heterocycles. The van der Waals surface area contributed by atoms with E-state index in [2.05, 4.69) is 51.3 Å². The SMILES string of the molecule is C[C@@H](NC=O)c1ccc(F)cc1.O=S(NC1CCCCCC1)c1ccc(-c2ccc(CCN3CCOCC3)cc2)cc1. The Morgan fingerprint density at radius 1 is 0.905 bits per heavy atom. The molecule has 0 radical (unpaired) electrons. The van der Waals surface area contributed by atoms with Gasteiger partial charge in [-0.1, -0.05) is 74.2 Å². The lowest BCUT2D eigenvalue weighted by atomic mass is 10.0. The molecular formula is C34H44FN3O3S. The number of ether oxygens (including phenoxy) is 1. The summed E-state index contributed by atoms with van der Waals surface area (Å²) in [6.07, 6.45) is 9.10. The average Bonchev–Trinajstić information content (AvgIpc) is 3.30. The Kier molecular flexibility index (Phi) is 13.2. The van der Waals surface area contributed by atoms with Gasteiger partial charge in [-0.15, -0.1) is 0 Å². The fourth-order valence-electron chi connectivity index (χ4n) is 5.31. The normalized spacial score (nSPS) is 17.8. The largest absolute Gasteiger partial charge is 0.379 e. The maximum atomic E-state index is 12.7. The van der Waals surface area contributed by atoms with Crippen LogP contribution in [0.2, 0.25) is 0 Å². The molecule has 3 aromatic rings. The lowest BCUT2D eigenvalue weighted by Crippen LogP contribution is -2.37. The summed E-state index contributed by atoms with van der Waals surface area (Å²) in [5.41, 5.74) is 4.64. The zero-order valence-corrected chi connectivity index (χ0v) is 25.4. The van der Waals surface area contributed by atoms with Crippen LogP contribution in [0.4, 0.5) is 4.39 Å². The molecule has 1 aliphatic heterocycles. The van der Waals surface area contributed by atoms with Crippen LogP contribution in [0.25, 0.3) is 11.1 Å². The highest BCUT2D eigenvalue weighted by atomic mass is 32.2. The maximum absolute atomic E-state index is 12.7. The Morgan fingerprint density at radius 2 is 1.50 bits per heavy atom. The number of nitrogens with one attached hydrogen (secondary N) is 2. The Morgan fingerprint density at radius 3 is 2.10 bits per heavy atom. The molecule has 2 N–H and O–H groups in total. The molecule has 42 heavy (non-hydrogen) atoms. The highest BCUT2D eigenvalue weighted by Crippen LogP contribution is 2.23. The first-order valence-electron chi connectivity index (χ1n) is 15.1. The van der Waals surface area contributed by atoms with Gasteiger partial charge in [0.2, 0.25) is 6.41 Å². The van der Waals surface area contributed by atoms with Crippen molar-refractivity contribution in [2.45, 2.75) is 68.8 Å². The minimum Gasteiger partial charge on any atom is -0.379 e. The van der Waals surface area contributed by atoms with Gasteiger partial charge in [0.05, 0.1) is 24.2 Å². The van der Waals surface area contributed by atoms with Crippen LogP contribution in [0.15, 0.2) is 77.7 Å². The maximum Gasteiger partial charge on any atom is 0.207 e. The molecule has 6 nitrogen and oxygen atoms in total. The average molecular weight is 594 g/mol. The first kappa shape index (κ1) is 32.0. The van der Waals surface area contributed by atoms with Crippen molar-refractivity contribution in [3.63, 3.8) is 0 Å². The van der Waals surface area contributed by atoms with Crippen molar-refractivity contribution < 1.29 is 18.1 Å². The predicted octanol–water partition coefficient (Wildman–Crippen LogP) is 6.20. The van der Waals surface area contributed by atoms with Crippen molar-refractivity contribution in [1.82, 2.24) is 14.9 Å². The Bertz CT molecular complexity index is 1220. The van der Waals surface area contributed by atoms with E-state index in [1.165, 1.54) is 54.5 Å². The summed E-state index contributed by atoms with van der Waals surface area (Å²) in [5.74, 6) is -0.267. The molecule has 8 heteroatoms. The summed E-state index contributed by atoms with van der Waals surface area (Å²) in [4.78, 5) is 13.4. The van der Waals surface area contributed by atoms with E-state index in [4.69, 9.17) is 4.74 Å². The van der Waals surface area contributed by atoms with Crippen LogP contribution in [0.5, 0.6) is 0 Å². The second-order valence-electron chi connectivity index (χ2n) is 11.1. The summed E-state index contributed by atoms with van der Waals surface area (Å²) >= 11 is 0. The zero-order valence-electron chi connectivity index (χ0n) is 24.6. The van der Waals surface area contributed by atoms with Crippen molar-refractivity contribution in [3.8, 4) is 11.1 Å². The predicted molar refractivity (Wildman–Crippen MR) is 168 cm³/mol. The van der Waals surface area contributed by atoms with Crippen molar-refractivity contribution in [1.29, 1.82) is 0 Å². The fourth-order valence-corrected chi connectivity index (χ4v) is 6.37. The summed E-state index contributed by atoms with van der Waals surface area (Å²) in [6, 6.07) is 23.4. The van der Waals surface area contributed by atoms with Gasteiger partial charge in [-0.2, -0.15) is 0 Å². The number of benzene rings is 3. The summed E-state index contributed by atoms with van der Waals surface area (Å²) in [6.45, 7) is 6.73. The van der Waals surface area contributed by atoms with Gasteiger partial charge in [0.25, 0.3) is 0 Å². The number of amides is 1. The summed E-state index contributed by atoms with van der Waals surface area (Å²) < 4.78 is 33.9. The van der Waals surface area contributed by atoms with Crippen LogP contribution in [0.3, 0.4) is 0 Å². The van der Waals surface area contributed by atoms with Gasteiger partial charge < -0.3 is 10.1 Å². The fraction of sp³-hybridized carbons (Fsp3) is 0.441. The first-order valence-corrected chi connectivity index (χ1v) is 16.3. The number of halogens is 1. The highest BCUT2D eigenvalue weighted by molar-refractivity contribution is 7.83. The number of hydrogen-bond donors (Lipinski definition) is 2. The lowest BCUT2D eigenvalue weighted by Gasteiger charge is -2.26. The second-order valence-corrected chi connectivity index (χ2v) is 12.3. The Hall–Kier alpha value is -2.91. The minimum atomic E-state index is -1.13. The topological polar surface area (TPSA) is 70.7 Å². The third-order valence-corrected chi connectivity index (χ3v) is 9.24. The number of nitrogens with zero attached hydrogens (tertiary/aromatic N) is 1. The smallest absolute Gasteiger partial charge is 0.207 e. The van der Waals surface area contributed by atoms with E-state index < -0.39 is 11.0 Å². The Balaban J connectivity index is 0.000000283. The second kappa shape index (κ2) is 17.3. The standard InChI is InChI=1S/C25H34N2O2S.C9H10FNO/c28-30(26-24-5-3-1-2-4-6-24)25-13-11-23(12-14-25)22-9-7-21(8-10-22)15-16-27-17-19-29-20-18-27;1-7(11-6-12)8-2-4-9(10)5-3-8/h7-14,24,26H,1-6,15-20H2;2-7H,1H3,(H,11,12)/t;7-/m.1/s1. The zero-order chi connectivity index (χ0) is 29.6. The molecular weight excluding hydrogens is 549 g/mol. The van der Waals surface area contributed by atoms with Crippen LogP contribution in [0, 0.1) is 5.82 Å². The third kappa shape index (κ3) is 10.4. The quantitative estimate of drug-likeness (QED) is 0.217. The molecule has 2 aliphatic rings. The number of morpholine rings is 1. The summed E-state index contributed by atoms with van der Waals surface area (Å²) in [5, 5.41) is 2.58. The molecule has 1 saturated carbocycles. The number of carbonyl (C=O) groups is 1. The number of carbonyl (C=O) groups excluding carboxylic acids is 1.